The summed E-state index contributed by atoms with van der Waals surface area (Å²) in [6.07, 6.45) is 0.247. The number of aromatic nitrogens is 1. The number of oxazole rings is 1. The molecule has 5 nitrogen and oxygen atoms in total. The van der Waals surface area contributed by atoms with Crippen molar-refractivity contribution in [2.75, 3.05) is 11.2 Å². The maximum Gasteiger partial charge on any atom is 0.417 e. The zero-order valence-electron chi connectivity index (χ0n) is 8.25. The fraction of sp³-hybridized carbons (Fsp3) is 0.200. The second-order valence-corrected chi connectivity index (χ2v) is 3.59. The molecule has 0 aliphatic carbocycles. The number of hydrogen-bond donors (Lipinski definition) is 2. The van der Waals surface area contributed by atoms with E-state index in [1.54, 1.807) is 18.2 Å². The minimum Gasteiger partial charge on any atom is -0.408 e. The van der Waals surface area contributed by atoms with E-state index in [1.165, 1.54) is 0 Å². The average molecular weight is 241 g/mol. The maximum absolute atomic E-state index is 11.3. The summed E-state index contributed by atoms with van der Waals surface area (Å²) >= 11 is 5.44. The number of halogens is 1. The van der Waals surface area contributed by atoms with Gasteiger partial charge in [-0.1, -0.05) is 0 Å². The van der Waals surface area contributed by atoms with Gasteiger partial charge in [0.1, 0.15) is 0 Å². The van der Waals surface area contributed by atoms with Gasteiger partial charge in [-0.25, -0.2) is 4.79 Å². The number of anilines is 1. The molecule has 0 unspecified atom stereocenters. The lowest BCUT2D eigenvalue weighted by molar-refractivity contribution is -0.115. The largest absolute Gasteiger partial charge is 0.417 e. The zero-order valence-corrected chi connectivity index (χ0v) is 9.00. The van der Waals surface area contributed by atoms with Crippen LogP contribution in [0.15, 0.2) is 27.4 Å². The second-order valence-electron chi connectivity index (χ2n) is 3.21. The molecule has 1 heterocycles. The number of alkyl halides is 1. The van der Waals surface area contributed by atoms with Crippen LogP contribution in [0.3, 0.4) is 0 Å². The molecule has 2 rings (SSSR count). The van der Waals surface area contributed by atoms with Crippen molar-refractivity contribution < 1.29 is 9.21 Å². The predicted octanol–water partition coefficient (Wildman–Crippen LogP) is 1.69. The quantitative estimate of drug-likeness (QED) is 0.802. The van der Waals surface area contributed by atoms with Crippen LogP contribution in [-0.4, -0.2) is 16.8 Å². The normalized spacial score (nSPS) is 10.6. The number of carbonyl (C=O) groups is 1. The number of aromatic amines is 1. The van der Waals surface area contributed by atoms with Crippen molar-refractivity contribution in [2.24, 2.45) is 0 Å². The number of fused-ring (bicyclic) bond motifs is 1. The van der Waals surface area contributed by atoms with Gasteiger partial charge in [0.15, 0.2) is 5.58 Å². The topological polar surface area (TPSA) is 75.1 Å². The van der Waals surface area contributed by atoms with Crippen LogP contribution in [0.5, 0.6) is 0 Å². The SMILES string of the molecule is O=C(CCCl)Nc1ccc2[nH]c(=O)oc2c1. The Morgan fingerprint density at radius 3 is 3.06 bits per heavy atom. The molecule has 0 aliphatic heterocycles. The fourth-order valence-electron chi connectivity index (χ4n) is 1.33. The van der Waals surface area contributed by atoms with Crippen LogP contribution in [0.25, 0.3) is 11.1 Å². The van der Waals surface area contributed by atoms with Gasteiger partial charge in [-0.15, -0.1) is 11.6 Å². The predicted molar refractivity (Wildman–Crippen MR) is 60.8 cm³/mol. The molecule has 0 radical (unpaired) electrons. The van der Waals surface area contributed by atoms with Crippen molar-refractivity contribution in [1.82, 2.24) is 4.98 Å². The maximum atomic E-state index is 11.3. The summed E-state index contributed by atoms with van der Waals surface area (Å²) < 4.78 is 4.86. The molecule has 0 bridgehead atoms. The monoisotopic (exact) mass is 240 g/mol. The van der Waals surface area contributed by atoms with E-state index in [2.05, 4.69) is 10.3 Å². The van der Waals surface area contributed by atoms with E-state index in [4.69, 9.17) is 16.0 Å². The van der Waals surface area contributed by atoms with Crippen molar-refractivity contribution in [2.45, 2.75) is 6.42 Å². The molecule has 0 fully saturated rings. The Labute approximate surface area is 95.4 Å². The van der Waals surface area contributed by atoms with Crippen LogP contribution in [0.4, 0.5) is 5.69 Å². The highest BCUT2D eigenvalue weighted by molar-refractivity contribution is 6.19. The molecular weight excluding hydrogens is 232 g/mol. The van der Waals surface area contributed by atoms with Crippen LogP contribution in [0, 0.1) is 0 Å². The van der Waals surface area contributed by atoms with Crippen molar-refractivity contribution >= 4 is 34.3 Å². The average Bonchev–Trinajstić information content (AvgIpc) is 2.57. The third-order valence-corrected chi connectivity index (χ3v) is 2.22. The van der Waals surface area contributed by atoms with Crippen LogP contribution >= 0.6 is 11.6 Å². The van der Waals surface area contributed by atoms with E-state index < -0.39 is 5.76 Å². The van der Waals surface area contributed by atoms with Crippen LogP contribution in [0.2, 0.25) is 0 Å². The first kappa shape index (κ1) is 10.8. The summed E-state index contributed by atoms with van der Waals surface area (Å²) in [5.41, 5.74) is 1.58. The standard InChI is InChI=1S/C10H9ClN2O3/c11-4-3-9(14)12-6-1-2-7-8(5-6)16-10(15)13-7/h1-2,5H,3-4H2,(H,12,14)(H,13,15). The molecule has 84 valence electrons. The summed E-state index contributed by atoms with van der Waals surface area (Å²) in [5, 5.41) is 2.64. The van der Waals surface area contributed by atoms with Crippen LogP contribution in [0.1, 0.15) is 6.42 Å². The number of hydrogen-bond acceptors (Lipinski definition) is 3. The molecule has 0 spiro atoms. The molecule has 1 amide bonds. The highest BCUT2D eigenvalue weighted by Gasteiger charge is 2.04. The lowest BCUT2D eigenvalue weighted by Crippen LogP contribution is -2.11. The van der Waals surface area contributed by atoms with Gasteiger partial charge in [-0.2, -0.15) is 0 Å². The first-order valence-corrected chi connectivity index (χ1v) is 5.21. The number of H-pyrrole nitrogens is 1. The lowest BCUT2D eigenvalue weighted by Gasteiger charge is -2.02. The highest BCUT2D eigenvalue weighted by Crippen LogP contribution is 2.16. The second kappa shape index (κ2) is 4.40. The molecule has 1 aromatic heterocycles. The summed E-state index contributed by atoms with van der Waals surface area (Å²) in [4.78, 5) is 24.7. The minimum absolute atomic E-state index is 0.174. The molecule has 16 heavy (non-hydrogen) atoms. The molecule has 2 N–H and O–H groups in total. The van der Waals surface area contributed by atoms with E-state index in [9.17, 15) is 9.59 Å². The van der Waals surface area contributed by atoms with E-state index >= 15 is 0 Å². The first-order chi connectivity index (χ1) is 7.69. The minimum atomic E-state index is -0.515. The molecule has 0 aliphatic rings. The molecule has 0 saturated heterocycles. The Hall–Kier alpha value is -1.75. The van der Waals surface area contributed by atoms with E-state index in [0.29, 0.717) is 16.8 Å². The lowest BCUT2D eigenvalue weighted by atomic mass is 10.3. The molecule has 6 heteroatoms. The van der Waals surface area contributed by atoms with Gasteiger partial charge in [-0.05, 0) is 12.1 Å². The zero-order chi connectivity index (χ0) is 11.5. The van der Waals surface area contributed by atoms with Crippen molar-refractivity contribution in [3.8, 4) is 0 Å². The number of benzene rings is 1. The Kier molecular flexibility index (Phi) is 2.96. The van der Waals surface area contributed by atoms with Gasteiger partial charge in [0.05, 0.1) is 5.52 Å². The summed E-state index contributed by atoms with van der Waals surface area (Å²) in [6, 6.07) is 4.93. The Bertz CT molecular complexity index is 573. The van der Waals surface area contributed by atoms with Crippen LogP contribution < -0.4 is 11.1 Å². The number of rotatable bonds is 3. The third kappa shape index (κ3) is 2.25. The summed E-state index contributed by atoms with van der Waals surface area (Å²) in [7, 11) is 0. The highest BCUT2D eigenvalue weighted by atomic mass is 35.5. The fourth-order valence-corrected chi connectivity index (χ4v) is 1.50. The number of nitrogens with one attached hydrogen (secondary N) is 2. The number of carbonyl (C=O) groups excluding carboxylic acids is 1. The molecule has 2 aromatic rings. The van der Waals surface area contributed by atoms with E-state index in [-0.39, 0.29) is 18.2 Å². The molecule has 0 saturated carbocycles. The first-order valence-electron chi connectivity index (χ1n) is 4.68. The Morgan fingerprint density at radius 2 is 2.31 bits per heavy atom. The Balaban J connectivity index is 2.25. The van der Waals surface area contributed by atoms with Crippen LogP contribution in [-0.2, 0) is 4.79 Å². The summed E-state index contributed by atoms with van der Waals surface area (Å²) in [6.45, 7) is 0. The summed E-state index contributed by atoms with van der Waals surface area (Å²) in [5.74, 6) is -0.417. The Morgan fingerprint density at radius 1 is 1.50 bits per heavy atom. The van der Waals surface area contributed by atoms with Gasteiger partial charge < -0.3 is 9.73 Å². The smallest absolute Gasteiger partial charge is 0.408 e. The van der Waals surface area contributed by atoms with Gasteiger partial charge in [0.2, 0.25) is 5.91 Å². The van der Waals surface area contributed by atoms with Gasteiger partial charge >= 0.3 is 5.76 Å². The van der Waals surface area contributed by atoms with Crippen molar-refractivity contribution in [3.05, 3.63) is 28.7 Å². The molecule has 1 aromatic carbocycles. The molecular formula is C10H9ClN2O3. The number of amides is 1. The van der Waals surface area contributed by atoms with E-state index in [0.717, 1.165) is 0 Å². The van der Waals surface area contributed by atoms with Crippen molar-refractivity contribution in [3.63, 3.8) is 0 Å². The molecule has 0 atom stereocenters. The van der Waals surface area contributed by atoms with Gasteiger partial charge in [0.25, 0.3) is 0 Å². The van der Waals surface area contributed by atoms with E-state index in [1.807, 2.05) is 0 Å². The van der Waals surface area contributed by atoms with Gasteiger partial charge in [0, 0.05) is 24.1 Å². The van der Waals surface area contributed by atoms with Crippen molar-refractivity contribution in [1.29, 1.82) is 0 Å². The third-order valence-electron chi connectivity index (χ3n) is 2.03. The van der Waals surface area contributed by atoms with Gasteiger partial charge in [-0.3, -0.25) is 9.78 Å².